The number of carbonyl (C=O) groups is 1. The number of carbonyl (C=O) groups excluding carboxylic acids is 1. The van der Waals surface area contributed by atoms with E-state index in [1.165, 1.54) is 6.07 Å². The Balaban J connectivity index is 3.31. The monoisotopic (exact) mass is 206 g/mol. The van der Waals surface area contributed by atoms with E-state index >= 15 is 0 Å². The highest BCUT2D eigenvalue weighted by atomic mass is 16.3. The number of phenolic OH excluding ortho intramolecular Hbond substituents is 2. The van der Waals surface area contributed by atoms with Gasteiger partial charge in [0.15, 0.2) is 6.29 Å². The van der Waals surface area contributed by atoms with Crippen molar-refractivity contribution in [3.8, 4) is 11.5 Å². The van der Waals surface area contributed by atoms with Gasteiger partial charge in [-0.05, 0) is 31.9 Å². The van der Waals surface area contributed by atoms with Gasteiger partial charge in [-0.2, -0.15) is 0 Å². The molecular weight excluding hydrogens is 192 g/mol. The molecule has 2 N–H and O–H groups in total. The van der Waals surface area contributed by atoms with E-state index in [1.54, 1.807) is 13.0 Å². The van der Waals surface area contributed by atoms with Crippen molar-refractivity contribution in [3.05, 3.63) is 34.9 Å². The molecule has 0 aliphatic rings. The van der Waals surface area contributed by atoms with Crippen molar-refractivity contribution in [2.24, 2.45) is 0 Å². The van der Waals surface area contributed by atoms with Gasteiger partial charge < -0.3 is 10.2 Å². The van der Waals surface area contributed by atoms with Crippen molar-refractivity contribution in [3.63, 3.8) is 0 Å². The van der Waals surface area contributed by atoms with Gasteiger partial charge in [0.25, 0.3) is 0 Å². The van der Waals surface area contributed by atoms with E-state index in [9.17, 15) is 15.0 Å². The first-order chi connectivity index (χ1) is 7.11. The van der Waals surface area contributed by atoms with Crippen molar-refractivity contribution in [1.29, 1.82) is 0 Å². The first-order valence-electron chi connectivity index (χ1n) is 4.72. The van der Waals surface area contributed by atoms with Crippen LogP contribution in [-0.4, -0.2) is 16.5 Å². The Labute approximate surface area is 88.7 Å². The molecule has 3 heteroatoms. The first kappa shape index (κ1) is 11.3. The highest BCUT2D eigenvalue weighted by Gasteiger charge is 2.13. The molecule has 1 rings (SSSR count). The average Bonchev–Trinajstić information content (AvgIpc) is 2.17. The summed E-state index contributed by atoms with van der Waals surface area (Å²) in [6.45, 7) is 3.52. The quantitative estimate of drug-likeness (QED) is 0.589. The fourth-order valence-corrected chi connectivity index (χ4v) is 1.43. The summed E-state index contributed by atoms with van der Waals surface area (Å²) in [5.74, 6) is -0.102. The second kappa shape index (κ2) is 4.64. The molecule has 0 aliphatic carbocycles. The minimum absolute atomic E-state index is 0.0219. The van der Waals surface area contributed by atoms with Crippen LogP contribution in [0.25, 0.3) is 0 Å². The Morgan fingerprint density at radius 2 is 2.07 bits per heavy atom. The van der Waals surface area contributed by atoms with E-state index in [2.05, 4.69) is 0 Å². The maximum absolute atomic E-state index is 10.7. The van der Waals surface area contributed by atoms with Gasteiger partial charge in [-0.1, -0.05) is 12.2 Å². The summed E-state index contributed by atoms with van der Waals surface area (Å²) >= 11 is 0. The van der Waals surface area contributed by atoms with Crippen LogP contribution in [-0.2, 0) is 6.42 Å². The fourth-order valence-electron chi connectivity index (χ4n) is 1.43. The molecule has 0 amide bonds. The zero-order chi connectivity index (χ0) is 11.4. The molecule has 80 valence electrons. The highest BCUT2D eigenvalue weighted by Crippen LogP contribution is 2.32. The number of hydrogen-bond donors (Lipinski definition) is 2. The van der Waals surface area contributed by atoms with E-state index in [4.69, 9.17) is 0 Å². The zero-order valence-corrected chi connectivity index (χ0v) is 8.82. The molecule has 0 bridgehead atoms. The van der Waals surface area contributed by atoms with E-state index < -0.39 is 0 Å². The van der Waals surface area contributed by atoms with Gasteiger partial charge in [-0.15, -0.1) is 0 Å². The van der Waals surface area contributed by atoms with Crippen LogP contribution in [0.15, 0.2) is 18.2 Å². The van der Waals surface area contributed by atoms with Crippen molar-refractivity contribution in [2.75, 3.05) is 0 Å². The van der Waals surface area contributed by atoms with Crippen LogP contribution in [0, 0.1) is 6.92 Å². The van der Waals surface area contributed by atoms with Crippen LogP contribution < -0.4 is 0 Å². The summed E-state index contributed by atoms with van der Waals surface area (Å²) in [4.78, 5) is 10.7. The van der Waals surface area contributed by atoms with Gasteiger partial charge in [0, 0.05) is 5.56 Å². The summed E-state index contributed by atoms with van der Waals surface area (Å²) in [7, 11) is 0. The van der Waals surface area contributed by atoms with Crippen LogP contribution in [0.5, 0.6) is 11.5 Å². The van der Waals surface area contributed by atoms with Crippen molar-refractivity contribution >= 4 is 6.29 Å². The van der Waals surface area contributed by atoms with Gasteiger partial charge >= 0.3 is 0 Å². The predicted molar refractivity (Wildman–Crippen MR) is 58.4 cm³/mol. The second-order valence-electron chi connectivity index (χ2n) is 3.34. The third kappa shape index (κ3) is 2.18. The van der Waals surface area contributed by atoms with E-state index in [-0.39, 0.29) is 17.1 Å². The topological polar surface area (TPSA) is 57.5 Å². The number of rotatable bonds is 3. The molecule has 3 nitrogen and oxygen atoms in total. The molecule has 0 fully saturated rings. The largest absolute Gasteiger partial charge is 0.508 e. The number of phenols is 2. The molecule has 1 aromatic rings. The van der Waals surface area contributed by atoms with Crippen molar-refractivity contribution in [1.82, 2.24) is 0 Å². The molecule has 0 aliphatic heterocycles. The molecule has 0 aromatic heterocycles. The molecule has 0 radical (unpaired) electrons. The zero-order valence-electron chi connectivity index (χ0n) is 8.82. The third-order valence-electron chi connectivity index (χ3n) is 2.30. The second-order valence-corrected chi connectivity index (χ2v) is 3.34. The van der Waals surface area contributed by atoms with Crippen molar-refractivity contribution < 1.29 is 15.0 Å². The summed E-state index contributed by atoms with van der Waals surface area (Å²) in [6.07, 6.45) is 4.64. The van der Waals surface area contributed by atoms with Gasteiger partial charge in [0.05, 0.1) is 5.56 Å². The Bertz CT molecular complexity index is 406. The SMILES string of the molecule is C/C=C/Cc1c(O)cc(C)c(C=O)c1O. The van der Waals surface area contributed by atoms with Crippen LogP contribution in [0.4, 0.5) is 0 Å². The van der Waals surface area contributed by atoms with E-state index in [1.807, 2.05) is 13.0 Å². The Kier molecular flexibility index (Phi) is 3.50. The van der Waals surface area contributed by atoms with Crippen molar-refractivity contribution in [2.45, 2.75) is 20.3 Å². The van der Waals surface area contributed by atoms with Gasteiger partial charge in [0.2, 0.25) is 0 Å². The lowest BCUT2D eigenvalue weighted by atomic mass is 10.0. The molecule has 0 atom stereocenters. The smallest absolute Gasteiger partial charge is 0.154 e. The predicted octanol–water partition coefficient (Wildman–Crippen LogP) is 2.34. The number of aromatic hydroxyl groups is 2. The summed E-state index contributed by atoms with van der Waals surface area (Å²) in [5.41, 5.74) is 1.21. The lowest BCUT2D eigenvalue weighted by Crippen LogP contribution is -1.93. The molecule has 0 saturated carbocycles. The number of aryl methyl sites for hydroxylation is 1. The Morgan fingerprint density at radius 1 is 1.40 bits per heavy atom. The van der Waals surface area contributed by atoms with Crippen LogP contribution >= 0.6 is 0 Å². The molecule has 0 heterocycles. The molecule has 0 unspecified atom stereocenters. The van der Waals surface area contributed by atoms with Gasteiger partial charge in [-0.25, -0.2) is 0 Å². The third-order valence-corrected chi connectivity index (χ3v) is 2.30. The van der Waals surface area contributed by atoms with Gasteiger partial charge in [0.1, 0.15) is 11.5 Å². The highest BCUT2D eigenvalue weighted by molar-refractivity contribution is 5.83. The van der Waals surface area contributed by atoms with Gasteiger partial charge in [-0.3, -0.25) is 4.79 Å². The lowest BCUT2D eigenvalue weighted by molar-refractivity contribution is 0.112. The lowest BCUT2D eigenvalue weighted by Gasteiger charge is -2.09. The van der Waals surface area contributed by atoms with Crippen LogP contribution in [0.3, 0.4) is 0 Å². The van der Waals surface area contributed by atoms with Crippen LogP contribution in [0.1, 0.15) is 28.4 Å². The molecule has 1 aromatic carbocycles. The van der Waals surface area contributed by atoms with E-state index in [0.29, 0.717) is 23.8 Å². The number of hydrogen-bond acceptors (Lipinski definition) is 3. The van der Waals surface area contributed by atoms with Crippen LogP contribution in [0.2, 0.25) is 0 Å². The summed E-state index contributed by atoms with van der Waals surface area (Å²) in [5, 5.41) is 19.4. The normalized spacial score (nSPS) is 10.8. The molecule has 15 heavy (non-hydrogen) atoms. The van der Waals surface area contributed by atoms with E-state index in [0.717, 1.165) is 0 Å². The minimum Gasteiger partial charge on any atom is -0.508 e. The minimum atomic E-state index is -0.124. The Hall–Kier alpha value is -1.77. The summed E-state index contributed by atoms with van der Waals surface area (Å²) in [6, 6.07) is 1.49. The summed E-state index contributed by atoms with van der Waals surface area (Å²) < 4.78 is 0. The average molecular weight is 206 g/mol. The maximum atomic E-state index is 10.7. The molecular formula is C12H14O3. The number of allylic oxidation sites excluding steroid dienone is 2. The molecule has 0 spiro atoms. The fraction of sp³-hybridized carbons (Fsp3) is 0.250. The maximum Gasteiger partial charge on any atom is 0.154 e. The first-order valence-corrected chi connectivity index (χ1v) is 4.72. The standard InChI is InChI=1S/C12H14O3/c1-3-4-5-9-11(14)6-8(2)10(7-13)12(9)15/h3-4,6-7,14-15H,5H2,1-2H3/b4-3+. The number of aldehydes is 1. The molecule has 0 saturated heterocycles. The Morgan fingerprint density at radius 3 is 2.60 bits per heavy atom. The number of benzene rings is 1.